The Morgan fingerprint density at radius 3 is 2.47 bits per heavy atom. The number of nitrogens with one attached hydrogen (secondary N) is 1. The van der Waals surface area contributed by atoms with Crippen LogP contribution in [0.4, 0.5) is 4.79 Å². The van der Waals surface area contributed by atoms with Crippen molar-refractivity contribution in [2.75, 3.05) is 31.1 Å². The molecule has 4 amide bonds. The number of carbonyl (C=O) groups is 4. The Morgan fingerprint density at radius 2 is 1.89 bits per heavy atom. The average Bonchev–Trinajstić information content (AvgIpc) is 2.36. The second-order valence-corrected chi connectivity index (χ2v) is 5.38. The van der Waals surface area contributed by atoms with E-state index < -0.39 is 29.9 Å². The number of carboxylic acids is 1. The Morgan fingerprint density at radius 1 is 1.26 bits per heavy atom. The smallest absolute Gasteiger partial charge is 0.327 e. The molecule has 19 heavy (non-hydrogen) atoms. The van der Waals surface area contributed by atoms with Gasteiger partial charge in [0.1, 0.15) is 19.1 Å². The third kappa shape index (κ3) is 2.98. The SMILES string of the molecule is O=C1CN(C(=O)N2CCSCC2C(=O)O)CC(=O)N1. The summed E-state index contributed by atoms with van der Waals surface area (Å²) >= 11 is 1.46. The number of hydrogen-bond donors (Lipinski definition) is 2. The van der Waals surface area contributed by atoms with Gasteiger partial charge in [-0.1, -0.05) is 0 Å². The Bertz CT molecular complexity index is 425. The highest BCUT2D eigenvalue weighted by Gasteiger charge is 2.37. The number of aliphatic carboxylic acids is 1. The van der Waals surface area contributed by atoms with E-state index in [1.54, 1.807) is 0 Å². The standard InChI is InChI=1S/C10H13N3O5S/c14-7-3-12(4-8(15)11-7)10(18)13-1-2-19-5-6(13)9(16)17/h6H,1-5H2,(H,16,17)(H,11,14,15). The van der Waals surface area contributed by atoms with E-state index in [4.69, 9.17) is 5.11 Å². The fourth-order valence-electron chi connectivity index (χ4n) is 1.99. The van der Waals surface area contributed by atoms with E-state index in [2.05, 4.69) is 5.32 Å². The summed E-state index contributed by atoms with van der Waals surface area (Å²) in [6.45, 7) is -0.145. The second kappa shape index (κ2) is 5.47. The van der Waals surface area contributed by atoms with Crippen LogP contribution in [-0.2, 0) is 14.4 Å². The maximum atomic E-state index is 12.2. The van der Waals surface area contributed by atoms with Gasteiger partial charge in [-0.25, -0.2) is 9.59 Å². The lowest BCUT2D eigenvalue weighted by Crippen LogP contribution is -2.60. The Hall–Kier alpha value is -1.77. The zero-order valence-corrected chi connectivity index (χ0v) is 10.8. The lowest BCUT2D eigenvalue weighted by atomic mass is 10.2. The normalized spacial score (nSPS) is 24.1. The van der Waals surface area contributed by atoms with Gasteiger partial charge in [-0.05, 0) is 0 Å². The zero-order valence-electron chi connectivity index (χ0n) is 10.00. The van der Waals surface area contributed by atoms with Crippen molar-refractivity contribution >= 4 is 35.6 Å². The molecule has 0 aromatic heterocycles. The van der Waals surface area contributed by atoms with Crippen LogP contribution >= 0.6 is 11.8 Å². The van der Waals surface area contributed by atoms with Crippen molar-refractivity contribution < 1.29 is 24.3 Å². The van der Waals surface area contributed by atoms with Crippen molar-refractivity contribution in [2.45, 2.75) is 6.04 Å². The molecule has 2 aliphatic rings. The summed E-state index contributed by atoms with van der Waals surface area (Å²) in [5.41, 5.74) is 0. The second-order valence-electron chi connectivity index (χ2n) is 4.23. The van der Waals surface area contributed by atoms with Crippen LogP contribution in [0.3, 0.4) is 0 Å². The molecule has 0 spiro atoms. The molecule has 2 rings (SSSR count). The molecule has 2 aliphatic heterocycles. The van der Waals surface area contributed by atoms with Crippen molar-refractivity contribution in [3.8, 4) is 0 Å². The van der Waals surface area contributed by atoms with E-state index in [1.807, 2.05) is 0 Å². The first-order valence-electron chi connectivity index (χ1n) is 5.68. The summed E-state index contributed by atoms with van der Waals surface area (Å²) in [5.74, 6) is -1.22. The molecule has 0 aromatic rings. The Kier molecular flexibility index (Phi) is 3.93. The van der Waals surface area contributed by atoms with E-state index in [0.717, 1.165) is 4.90 Å². The van der Waals surface area contributed by atoms with Crippen molar-refractivity contribution in [2.24, 2.45) is 0 Å². The van der Waals surface area contributed by atoms with Gasteiger partial charge in [-0.3, -0.25) is 14.9 Å². The third-order valence-corrected chi connectivity index (χ3v) is 3.90. The first-order chi connectivity index (χ1) is 8.99. The highest BCUT2D eigenvalue weighted by Crippen LogP contribution is 2.18. The van der Waals surface area contributed by atoms with E-state index in [0.29, 0.717) is 18.1 Å². The number of carboxylic acid groups (broad SMARTS) is 1. The van der Waals surface area contributed by atoms with Gasteiger partial charge >= 0.3 is 12.0 Å². The van der Waals surface area contributed by atoms with Gasteiger partial charge in [0.05, 0.1) is 0 Å². The van der Waals surface area contributed by atoms with Crippen LogP contribution in [0.15, 0.2) is 0 Å². The van der Waals surface area contributed by atoms with Crippen LogP contribution in [-0.4, -0.2) is 75.9 Å². The summed E-state index contributed by atoms with van der Waals surface area (Å²) in [6, 6.07) is -1.48. The molecule has 0 aliphatic carbocycles. The number of nitrogens with zero attached hydrogens (tertiary/aromatic N) is 2. The van der Waals surface area contributed by atoms with Crippen LogP contribution in [0.1, 0.15) is 0 Å². The fraction of sp³-hybridized carbons (Fsp3) is 0.600. The molecular weight excluding hydrogens is 274 g/mol. The van der Waals surface area contributed by atoms with E-state index in [9.17, 15) is 19.2 Å². The number of rotatable bonds is 1. The monoisotopic (exact) mass is 287 g/mol. The molecule has 1 unspecified atom stereocenters. The van der Waals surface area contributed by atoms with E-state index in [-0.39, 0.29) is 13.1 Å². The van der Waals surface area contributed by atoms with E-state index >= 15 is 0 Å². The van der Waals surface area contributed by atoms with Crippen molar-refractivity contribution in [3.63, 3.8) is 0 Å². The van der Waals surface area contributed by atoms with E-state index in [1.165, 1.54) is 16.7 Å². The van der Waals surface area contributed by atoms with Crippen molar-refractivity contribution in [1.82, 2.24) is 15.1 Å². The highest BCUT2D eigenvalue weighted by molar-refractivity contribution is 7.99. The molecule has 2 fully saturated rings. The molecule has 0 saturated carbocycles. The third-order valence-electron chi connectivity index (χ3n) is 2.88. The average molecular weight is 287 g/mol. The molecule has 2 N–H and O–H groups in total. The first kappa shape index (κ1) is 13.7. The van der Waals surface area contributed by atoms with Gasteiger partial charge in [0.15, 0.2) is 0 Å². The Balaban J connectivity index is 2.10. The van der Waals surface area contributed by atoms with Gasteiger partial charge < -0.3 is 14.9 Å². The molecule has 0 radical (unpaired) electrons. The predicted octanol–water partition coefficient (Wildman–Crippen LogP) is -1.43. The molecule has 0 aromatic carbocycles. The zero-order chi connectivity index (χ0) is 14.0. The number of imide groups is 1. The molecule has 9 heteroatoms. The summed E-state index contributed by atoms with van der Waals surface area (Å²) in [4.78, 5) is 48.0. The highest BCUT2D eigenvalue weighted by atomic mass is 32.2. The quantitative estimate of drug-likeness (QED) is 0.572. The summed E-state index contributed by atoms with van der Waals surface area (Å²) in [7, 11) is 0. The fourth-order valence-corrected chi connectivity index (χ4v) is 3.03. The molecule has 2 heterocycles. The largest absolute Gasteiger partial charge is 0.480 e. The number of carbonyl (C=O) groups excluding carboxylic acids is 3. The molecule has 8 nitrogen and oxygen atoms in total. The van der Waals surface area contributed by atoms with Crippen LogP contribution in [0.25, 0.3) is 0 Å². The predicted molar refractivity (Wildman–Crippen MR) is 65.6 cm³/mol. The minimum atomic E-state index is -1.08. The summed E-state index contributed by atoms with van der Waals surface area (Å²) in [5, 5.41) is 11.2. The maximum absolute atomic E-state index is 12.2. The van der Waals surface area contributed by atoms with Crippen molar-refractivity contribution in [3.05, 3.63) is 0 Å². The number of thioether (sulfide) groups is 1. The van der Waals surface area contributed by atoms with Crippen LogP contribution in [0.5, 0.6) is 0 Å². The van der Waals surface area contributed by atoms with Crippen LogP contribution in [0.2, 0.25) is 0 Å². The molecular formula is C10H13N3O5S. The minimum absolute atomic E-state index is 0.222. The first-order valence-corrected chi connectivity index (χ1v) is 6.83. The molecule has 2 saturated heterocycles. The van der Waals surface area contributed by atoms with Crippen LogP contribution < -0.4 is 5.32 Å². The summed E-state index contributed by atoms with van der Waals surface area (Å²) in [6.07, 6.45) is 0. The molecule has 1 atom stereocenters. The van der Waals surface area contributed by atoms with Gasteiger partial charge in [0.2, 0.25) is 11.8 Å². The molecule has 104 valence electrons. The number of hydrogen-bond acceptors (Lipinski definition) is 5. The Labute approximate surface area is 113 Å². The lowest BCUT2D eigenvalue weighted by Gasteiger charge is -2.37. The maximum Gasteiger partial charge on any atom is 0.327 e. The van der Waals surface area contributed by atoms with Gasteiger partial charge in [0, 0.05) is 18.1 Å². The van der Waals surface area contributed by atoms with Crippen molar-refractivity contribution in [1.29, 1.82) is 0 Å². The summed E-state index contributed by atoms with van der Waals surface area (Å²) < 4.78 is 0. The number of urea groups is 1. The number of piperazine rings is 1. The van der Waals surface area contributed by atoms with Gasteiger partial charge in [0.25, 0.3) is 0 Å². The number of amides is 4. The topological polar surface area (TPSA) is 107 Å². The minimum Gasteiger partial charge on any atom is -0.480 e. The van der Waals surface area contributed by atoms with Crippen LogP contribution in [0, 0.1) is 0 Å². The lowest BCUT2D eigenvalue weighted by molar-refractivity contribution is -0.141. The van der Waals surface area contributed by atoms with Gasteiger partial charge in [-0.15, -0.1) is 0 Å². The molecule has 0 bridgehead atoms. The van der Waals surface area contributed by atoms with Gasteiger partial charge in [-0.2, -0.15) is 11.8 Å².